The predicted octanol–water partition coefficient (Wildman–Crippen LogP) is 2.41. The maximum atomic E-state index is 4.75. The van der Waals surface area contributed by atoms with Crippen molar-refractivity contribution in [1.82, 2.24) is 19.9 Å². The third kappa shape index (κ3) is 2.22. The zero-order valence-corrected chi connectivity index (χ0v) is 12.5. The zero-order valence-electron chi connectivity index (χ0n) is 12.5. The van der Waals surface area contributed by atoms with Crippen molar-refractivity contribution in [2.75, 3.05) is 29.9 Å². The third-order valence-electron chi connectivity index (χ3n) is 4.83. The maximum Gasteiger partial charge on any atom is 0.226 e. The van der Waals surface area contributed by atoms with E-state index in [1.165, 1.54) is 19.3 Å². The summed E-state index contributed by atoms with van der Waals surface area (Å²) in [4.78, 5) is 19.2. The molecule has 0 radical (unpaired) electrons. The summed E-state index contributed by atoms with van der Waals surface area (Å²) in [6.07, 6.45) is 6.92. The van der Waals surface area contributed by atoms with Gasteiger partial charge in [0.2, 0.25) is 5.95 Å². The van der Waals surface area contributed by atoms with Crippen LogP contribution in [-0.2, 0) is 0 Å². The predicted molar refractivity (Wildman–Crippen MR) is 83.5 cm³/mol. The molecule has 1 saturated heterocycles. The number of fused-ring (bicyclic) bond motifs is 2. The topological polar surface area (TPSA) is 69.7 Å². The van der Waals surface area contributed by atoms with Gasteiger partial charge in [-0.2, -0.15) is 9.97 Å². The molecule has 2 aliphatic rings. The maximum absolute atomic E-state index is 4.75. The van der Waals surface area contributed by atoms with Gasteiger partial charge in [0.05, 0.1) is 6.33 Å². The Morgan fingerprint density at radius 1 is 1.29 bits per heavy atom. The Hall–Kier alpha value is -1.85. The van der Waals surface area contributed by atoms with E-state index >= 15 is 0 Å². The van der Waals surface area contributed by atoms with Crippen molar-refractivity contribution in [1.29, 1.82) is 0 Å². The van der Waals surface area contributed by atoms with Crippen LogP contribution in [0.4, 0.5) is 11.8 Å². The fourth-order valence-corrected chi connectivity index (χ4v) is 3.77. The summed E-state index contributed by atoms with van der Waals surface area (Å²) in [6.45, 7) is 5.29. The van der Waals surface area contributed by atoms with E-state index in [-0.39, 0.29) is 0 Å². The second-order valence-corrected chi connectivity index (χ2v) is 6.25. The lowest BCUT2D eigenvalue weighted by molar-refractivity contribution is 0.494. The summed E-state index contributed by atoms with van der Waals surface area (Å²) in [5.41, 5.74) is 1.73. The van der Waals surface area contributed by atoms with Crippen molar-refractivity contribution in [3.8, 4) is 0 Å². The summed E-state index contributed by atoms with van der Waals surface area (Å²) in [6, 6.07) is 0. The molecule has 4 rings (SSSR count). The average molecular weight is 286 g/mol. The van der Waals surface area contributed by atoms with Crippen LogP contribution in [0.25, 0.3) is 11.2 Å². The van der Waals surface area contributed by atoms with Crippen LogP contribution < -0.4 is 10.2 Å². The molecule has 2 unspecified atom stereocenters. The molecule has 112 valence electrons. The first kappa shape index (κ1) is 12.9. The number of nitrogens with one attached hydrogen (secondary N) is 2. The van der Waals surface area contributed by atoms with Gasteiger partial charge in [-0.05, 0) is 31.1 Å². The summed E-state index contributed by atoms with van der Waals surface area (Å²) in [5.74, 6) is 3.42. The Balaban J connectivity index is 1.68. The molecule has 2 atom stereocenters. The van der Waals surface area contributed by atoms with Crippen molar-refractivity contribution in [3.05, 3.63) is 6.33 Å². The first-order chi connectivity index (χ1) is 10.3. The smallest absolute Gasteiger partial charge is 0.226 e. The standard InChI is InChI=1S/C15H22N6/c1-2-6-16-15-19-13-12(17-9-18-13)14(20-15)21-7-10-4-3-5-11(10)8-21/h9-11H,2-8H2,1H3,(H2,16,17,18,19,20). The monoisotopic (exact) mass is 286 g/mol. The molecule has 0 spiro atoms. The highest BCUT2D eigenvalue weighted by molar-refractivity contribution is 5.84. The van der Waals surface area contributed by atoms with Crippen LogP contribution in [0.15, 0.2) is 6.33 Å². The molecule has 0 aromatic carbocycles. The van der Waals surface area contributed by atoms with E-state index in [0.717, 1.165) is 54.9 Å². The van der Waals surface area contributed by atoms with Gasteiger partial charge in [-0.25, -0.2) is 4.98 Å². The van der Waals surface area contributed by atoms with Crippen molar-refractivity contribution >= 4 is 22.9 Å². The van der Waals surface area contributed by atoms with Gasteiger partial charge in [-0.3, -0.25) is 0 Å². The number of nitrogens with zero attached hydrogens (tertiary/aromatic N) is 4. The van der Waals surface area contributed by atoms with E-state index in [9.17, 15) is 0 Å². The molecule has 21 heavy (non-hydrogen) atoms. The van der Waals surface area contributed by atoms with Crippen LogP contribution in [0, 0.1) is 11.8 Å². The molecule has 2 aromatic rings. The van der Waals surface area contributed by atoms with E-state index in [1.54, 1.807) is 6.33 Å². The van der Waals surface area contributed by atoms with Crippen molar-refractivity contribution in [2.45, 2.75) is 32.6 Å². The molecule has 1 saturated carbocycles. The van der Waals surface area contributed by atoms with Crippen LogP contribution in [0.3, 0.4) is 0 Å². The van der Waals surface area contributed by atoms with E-state index < -0.39 is 0 Å². The third-order valence-corrected chi connectivity index (χ3v) is 4.83. The van der Waals surface area contributed by atoms with Gasteiger partial charge >= 0.3 is 0 Å². The molecule has 1 aliphatic carbocycles. The summed E-state index contributed by atoms with van der Waals surface area (Å²) in [7, 11) is 0. The van der Waals surface area contributed by atoms with Gasteiger partial charge in [0.1, 0.15) is 5.52 Å². The number of hydrogen-bond acceptors (Lipinski definition) is 5. The van der Waals surface area contributed by atoms with Gasteiger partial charge in [-0.15, -0.1) is 0 Å². The molecule has 6 nitrogen and oxygen atoms in total. The molecule has 0 bridgehead atoms. The molecule has 3 heterocycles. The van der Waals surface area contributed by atoms with Crippen LogP contribution >= 0.6 is 0 Å². The average Bonchev–Trinajstić information content (AvgIpc) is 3.18. The lowest BCUT2D eigenvalue weighted by Gasteiger charge is -2.19. The minimum atomic E-state index is 0.698. The minimum Gasteiger partial charge on any atom is -0.354 e. The largest absolute Gasteiger partial charge is 0.354 e. The molecule has 2 fully saturated rings. The fraction of sp³-hybridized carbons (Fsp3) is 0.667. The first-order valence-corrected chi connectivity index (χ1v) is 8.05. The second-order valence-electron chi connectivity index (χ2n) is 6.25. The minimum absolute atomic E-state index is 0.698. The van der Waals surface area contributed by atoms with Crippen molar-refractivity contribution in [2.24, 2.45) is 11.8 Å². The molecule has 1 aliphatic heterocycles. The van der Waals surface area contributed by atoms with Crippen molar-refractivity contribution in [3.63, 3.8) is 0 Å². The number of aromatic nitrogens is 4. The van der Waals surface area contributed by atoms with Crippen LogP contribution in [0.5, 0.6) is 0 Å². The fourth-order valence-electron chi connectivity index (χ4n) is 3.77. The van der Waals surface area contributed by atoms with E-state index in [0.29, 0.717) is 5.95 Å². The van der Waals surface area contributed by atoms with Crippen LogP contribution in [-0.4, -0.2) is 39.6 Å². The zero-order chi connectivity index (χ0) is 14.2. The summed E-state index contributed by atoms with van der Waals surface area (Å²) in [5, 5.41) is 3.29. The Morgan fingerprint density at radius 2 is 2.10 bits per heavy atom. The first-order valence-electron chi connectivity index (χ1n) is 8.05. The van der Waals surface area contributed by atoms with Gasteiger partial charge in [-0.1, -0.05) is 13.3 Å². The second kappa shape index (κ2) is 5.16. The molecular formula is C15H22N6. The number of anilines is 2. The molecule has 2 N–H and O–H groups in total. The van der Waals surface area contributed by atoms with Crippen LogP contribution in [0.2, 0.25) is 0 Å². The number of H-pyrrole nitrogens is 1. The number of imidazole rings is 1. The van der Waals surface area contributed by atoms with Crippen LogP contribution in [0.1, 0.15) is 32.6 Å². The Kier molecular flexibility index (Phi) is 3.16. The number of aromatic amines is 1. The lowest BCUT2D eigenvalue weighted by Crippen LogP contribution is -2.23. The van der Waals surface area contributed by atoms with E-state index in [2.05, 4.69) is 32.1 Å². The number of hydrogen-bond donors (Lipinski definition) is 2. The van der Waals surface area contributed by atoms with Gasteiger partial charge in [0.25, 0.3) is 0 Å². The lowest BCUT2D eigenvalue weighted by atomic mass is 10.0. The number of rotatable bonds is 4. The Morgan fingerprint density at radius 3 is 2.86 bits per heavy atom. The highest BCUT2D eigenvalue weighted by atomic mass is 15.3. The highest BCUT2D eigenvalue weighted by Gasteiger charge is 2.37. The summed E-state index contributed by atoms with van der Waals surface area (Å²) >= 11 is 0. The SMILES string of the molecule is CCCNc1nc(N2CC3CCCC3C2)c2[nH]cnc2n1. The normalized spacial score (nSPS) is 24.7. The molecular weight excluding hydrogens is 264 g/mol. The van der Waals surface area contributed by atoms with Gasteiger partial charge < -0.3 is 15.2 Å². The molecule has 0 amide bonds. The molecule has 6 heteroatoms. The van der Waals surface area contributed by atoms with E-state index in [1.807, 2.05) is 0 Å². The van der Waals surface area contributed by atoms with Crippen molar-refractivity contribution < 1.29 is 0 Å². The molecule has 2 aromatic heterocycles. The Bertz CT molecular complexity index is 624. The quantitative estimate of drug-likeness (QED) is 0.903. The Labute approximate surface area is 124 Å². The summed E-state index contributed by atoms with van der Waals surface area (Å²) < 4.78 is 0. The van der Waals surface area contributed by atoms with E-state index in [4.69, 9.17) is 4.98 Å². The van der Waals surface area contributed by atoms with Gasteiger partial charge in [0, 0.05) is 19.6 Å². The van der Waals surface area contributed by atoms with Gasteiger partial charge in [0.15, 0.2) is 11.5 Å². The highest BCUT2D eigenvalue weighted by Crippen LogP contribution is 2.40.